The van der Waals surface area contributed by atoms with Gasteiger partial charge in [0.2, 0.25) is 0 Å². The lowest BCUT2D eigenvalue weighted by atomic mass is 9.75. The third-order valence-electron chi connectivity index (χ3n) is 6.26. The summed E-state index contributed by atoms with van der Waals surface area (Å²) < 4.78 is 5.85. The van der Waals surface area contributed by atoms with Crippen LogP contribution in [0.4, 0.5) is 5.69 Å². The van der Waals surface area contributed by atoms with Crippen molar-refractivity contribution in [2.45, 2.75) is 70.3 Å². The van der Waals surface area contributed by atoms with E-state index in [0.29, 0.717) is 28.8 Å². The molecule has 1 fully saturated rings. The normalized spacial score (nSPS) is 22.4. The molecule has 7 nitrogen and oxygen atoms in total. The molecule has 0 spiro atoms. The summed E-state index contributed by atoms with van der Waals surface area (Å²) in [6, 6.07) is 6.12. The number of hydrogen-bond acceptors (Lipinski definition) is 6. The Morgan fingerprint density at radius 1 is 1.10 bits per heavy atom. The van der Waals surface area contributed by atoms with Gasteiger partial charge in [-0.15, -0.1) is 0 Å². The van der Waals surface area contributed by atoms with Crippen LogP contribution in [0.15, 0.2) is 46.8 Å². The minimum absolute atomic E-state index is 0.0163. The van der Waals surface area contributed by atoms with Crippen molar-refractivity contribution < 1.29 is 19.2 Å². The van der Waals surface area contributed by atoms with Gasteiger partial charge in [0.05, 0.1) is 10.5 Å². The average molecular weight is 410 g/mol. The van der Waals surface area contributed by atoms with Gasteiger partial charge in [0.1, 0.15) is 6.10 Å². The Kier molecular flexibility index (Phi) is 5.70. The van der Waals surface area contributed by atoms with Gasteiger partial charge in [-0.2, -0.15) is 0 Å². The van der Waals surface area contributed by atoms with Crippen molar-refractivity contribution >= 4 is 17.4 Å². The molecule has 158 valence electrons. The topological polar surface area (TPSA) is 98.5 Å². The number of hydrogen-bond donors (Lipinski definition) is 1. The first-order chi connectivity index (χ1) is 14.5. The van der Waals surface area contributed by atoms with Crippen LogP contribution in [0.1, 0.15) is 69.8 Å². The molecule has 4 rings (SSSR count). The van der Waals surface area contributed by atoms with Crippen LogP contribution in [0.25, 0.3) is 0 Å². The predicted octanol–water partition coefficient (Wildman–Crippen LogP) is 4.44. The average Bonchev–Trinajstić information content (AvgIpc) is 2.73. The molecule has 1 aliphatic heterocycles. The summed E-state index contributed by atoms with van der Waals surface area (Å²) in [6.07, 6.45) is 6.84. The van der Waals surface area contributed by atoms with Crippen LogP contribution in [0, 0.1) is 10.1 Å². The number of rotatable bonds is 4. The van der Waals surface area contributed by atoms with E-state index >= 15 is 0 Å². The van der Waals surface area contributed by atoms with E-state index < -0.39 is 16.8 Å². The summed E-state index contributed by atoms with van der Waals surface area (Å²) in [5.41, 5.74) is 3.23. The molecule has 0 saturated heterocycles. The van der Waals surface area contributed by atoms with Gasteiger partial charge < -0.3 is 10.1 Å². The largest absolute Gasteiger partial charge is 0.459 e. The number of nitrogens with one attached hydrogen (secondary N) is 1. The number of nitro benzene ring substituents is 1. The fourth-order valence-corrected chi connectivity index (χ4v) is 4.77. The summed E-state index contributed by atoms with van der Waals surface area (Å²) in [6.45, 7) is 1.83. The number of carbonyl (C=O) groups excluding carboxylic acids is 2. The van der Waals surface area contributed by atoms with Crippen LogP contribution in [-0.4, -0.2) is 22.8 Å². The number of carbonyl (C=O) groups is 2. The van der Waals surface area contributed by atoms with E-state index in [1.54, 1.807) is 12.1 Å². The van der Waals surface area contributed by atoms with Crippen LogP contribution < -0.4 is 5.32 Å². The third kappa shape index (κ3) is 3.88. The first kappa shape index (κ1) is 20.3. The van der Waals surface area contributed by atoms with Crippen molar-refractivity contribution in [3.8, 4) is 0 Å². The fourth-order valence-electron chi connectivity index (χ4n) is 4.77. The molecule has 1 saturated carbocycles. The van der Waals surface area contributed by atoms with E-state index in [1.807, 2.05) is 6.92 Å². The highest BCUT2D eigenvalue weighted by Gasteiger charge is 2.39. The van der Waals surface area contributed by atoms with Gasteiger partial charge in [-0.3, -0.25) is 14.9 Å². The van der Waals surface area contributed by atoms with Crippen molar-refractivity contribution in [1.82, 2.24) is 5.32 Å². The third-order valence-corrected chi connectivity index (χ3v) is 6.26. The fraction of sp³-hybridized carbons (Fsp3) is 0.478. The summed E-state index contributed by atoms with van der Waals surface area (Å²) in [5, 5.41) is 14.3. The molecule has 1 atom stereocenters. The Hall–Kier alpha value is -2.96. The standard InChI is InChI=1S/C23H26N2O5/c1-14-20(23(27)30-17-6-3-2-4-7-17)21(15-10-12-16(13-11-15)25(28)29)22-18(24-14)8-5-9-19(22)26/h10-13,17,21,24H,2-9H2,1H3/t21-/m0/s1. The van der Waals surface area contributed by atoms with Crippen LogP contribution in [-0.2, 0) is 14.3 Å². The number of dihydropyridines is 1. The second kappa shape index (κ2) is 8.42. The number of Topliss-reactive ketones (excluding diaryl/α,β-unsaturated/α-hetero) is 1. The molecule has 0 radical (unpaired) electrons. The zero-order valence-corrected chi connectivity index (χ0v) is 17.1. The zero-order valence-electron chi connectivity index (χ0n) is 17.1. The number of nitrogens with zero attached hydrogens (tertiary/aromatic N) is 1. The molecule has 0 unspecified atom stereocenters. The quantitative estimate of drug-likeness (QED) is 0.448. The van der Waals surface area contributed by atoms with Crippen molar-refractivity contribution in [3.63, 3.8) is 0 Å². The van der Waals surface area contributed by atoms with E-state index in [9.17, 15) is 19.7 Å². The lowest BCUT2D eigenvalue weighted by Gasteiger charge is -2.35. The Morgan fingerprint density at radius 2 is 1.80 bits per heavy atom. The van der Waals surface area contributed by atoms with E-state index in [-0.39, 0.29) is 17.6 Å². The number of allylic oxidation sites excluding steroid dienone is 3. The Balaban J connectivity index is 1.73. The van der Waals surface area contributed by atoms with E-state index in [2.05, 4.69) is 5.32 Å². The molecule has 0 amide bonds. The molecule has 1 aromatic rings. The number of nitro groups is 1. The summed E-state index contributed by atoms with van der Waals surface area (Å²) in [4.78, 5) is 36.7. The van der Waals surface area contributed by atoms with Crippen molar-refractivity contribution in [3.05, 3.63) is 62.5 Å². The molecule has 0 aromatic heterocycles. The number of benzene rings is 1. The SMILES string of the molecule is CC1=C(C(=O)OC2CCCCC2)[C@H](c2ccc([N+](=O)[O-])cc2)C2=C(CCCC2=O)N1. The smallest absolute Gasteiger partial charge is 0.337 e. The van der Waals surface area contributed by atoms with Gasteiger partial charge in [-0.1, -0.05) is 18.6 Å². The second-order valence-electron chi connectivity index (χ2n) is 8.28. The molecular formula is C23H26N2O5. The number of ether oxygens (including phenoxy) is 1. The van der Waals surface area contributed by atoms with Crippen molar-refractivity contribution in [2.75, 3.05) is 0 Å². The van der Waals surface area contributed by atoms with Gasteiger partial charge in [0.25, 0.3) is 5.69 Å². The molecule has 0 bridgehead atoms. The predicted molar refractivity (Wildman–Crippen MR) is 111 cm³/mol. The Bertz CT molecular complexity index is 939. The minimum Gasteiger partial charge on any atom is -0.459 e. The lowest BCUT2D eigenvalue weighted by Crippen LogP contribution is -2.35. The van der Waals surface area contributed by atoms with Crippen LogP contribution in [0.5, 0.6) is 0 Å². The monoisotopic (exact) mass is 410 g/mol. The first-order valence-electron chi connectivity index (χ1n) is 10.6. The Labute approximate surface area is 175 Å². The highest BCUT2D eigenvalue weighted by Crippen LogP contribution is 2.43. The lowest BCUT2D eigenvalue weighted by molar-refractivity contribution is -0.384. The maximum absolute atomic E-state index is 13.3. The molecule has 1 heterocycles. The minimum atomic E-state index is -0.564. The van der Waals surface area contributed by atoms with Gasteiger partial charge in [-0.05, 0) is 51.0 Å². The maximum Gasteiger partial charge on any atom is 0.337 e. The van der Waals surface area contributed by atoms with E-state index in [0.717, 1.165) is 50.6 Å². The van der Waals surface area contributed by atoms with Gasteiger partial charge in [0, 0.05) is 41.4 Å². The number of esters is 1. The molecular weight excluding hydrogens is 384 g/mol. The summed E-state index contributed by atoms with van der Waals surface area (Å²) >= 11 is 0. The van der Waals surface area contributed by atoms with E-state index in [1.165, 1.54) is 12.1 Å². The van der Waals surface area contributed by atoms with E-state index in [4.69, 9.17) is 4.74 Å². The van der Waals surface area contributed by atoms with Gasteiger partial charge in [-0.25, -0.2) is 4.79 Å². The second-order valence-corrected chi connectivity index (χ2v) is 8.28. The van der Waals surface area contributed by atoms with Crippen LogP contribution >= 0.6 is 0 Å². The van der Waals surface area contributed by atoms with Gasteiger partial charge >= 0.3 is 5.97 Å². The van der Waals surface area contributed by atoms with Crippen molar-refractivity contribution in [1.29, 1.82) is 0 Å². The summed E-state index contributed by atoms with van der Waals surface area (Å²) in [7, 11) is 0. The highest BCUT2D eigenvalue weighted by molar-refractivity contribution is 6.03. The molecule has 1 N–H and O–H groups in total. The summed E-state index contributed by atoms with van der Waals surface area (Å²) in [5.74, 6) is -0.950. The first-order valence-corrected chi connectivity index (χ1v) is 10.6. The molecule has 2 aliphatic carbocycles. The Morgan fingerprint density at radius 3 is 2.47 bits per heavy atom. The molecule has 7 heteroatoms. The zero-order chi connectivity index (χ0) is 21.3. The molecule has 1 aromatic carbocycles. The van der Waals surface area contributed by atoms with Gasteiger partial charge in [0.15, 0.2) is 5.78 Å². The molecule has 3 aliphatic rings. The number of non-ortho nitro benzene ring substituents is 1. The maximum atomic E-state index is 13.3. The van der Waals surface area contributed by atoms with Crippen LogP contribution in [0.3, 0.4) is 0 Å². The van der Waals surface area contributed by atoms with Crippen molar-refractivity contribution in [2.24, 2.45) is 0 Å². The molecule has 30 heavy (non-hydrogen) atoms. The van der Waals surface area contributed by atoms with Crippen LogP contribution in [0.2, 0.25) is 0 Å². The highest BCUT2D eigenvalue weighted by atomic mass is 16.6. The number of ketones is 1.